The second-order valence-corrected chi connectivity index (χ2v) is 5.48. The monoisotopic (exact) mass is 284 g/mol. The Hall–Kier alpha value is -2.12. The Labute approximate surface area is 123 Å². The molecule has 1 aromatic carbocycles. The average molecular weight is 284 g/mol. The molecule has 0 aliphatic rings. The highest BCUT2D eigenvalue weighted by molar-refractivity contribution is 7.07. The molecule has 0 bridgehead atoms. The van der Waals surface area contributed by atoms with Gasteiger partial charge in [-0.3, -0.25) is 4.79 Å². The van der Waals surface area contributed by atoms with Crippen LogP contribution in [0.4, 0.5) is 0 Å². The summed E-state index contributed by atoms with van der Waals surface area (Å²) in [6.07, 6.45) is 0.462. The number of carbonyl (C=O) groups is 1. The van der Waals surface area contributed by atoms with E-state index in [0.717, 1.165) is 11.1 Å². The van der Waals surface area contributed by atoms with E-state index in [2.05, 4.69) is 6.07 Å². The Kier molecular flexibility index (Phi) is 4.91. The van der Waals surface area contributed by atoms with Crippen molar-refractivity contribution >= 4 is 17.2 Å². The van der Waals surface area contributed by atoms with Gasteiger partial charge in [0.05, 0.1) is 6.07 Å². The number of hydrogen-bond donors (Lipinski definition) is 0. The van der Waals surface area contributed by atoms with Crippen molar-refractivity contribution in [3.63, 3.8) is 0 Å². The van der Waals surface area contributed by atoms with Gasteiger partial charge in [-0.05, 0) is 34.4 Å². The fraction of sp³-hybridized carbons (Fsp3) is 0.250. The normalized spacial score (nSPS) is 11.6. The van der Waals surface area contributed by atoms with Gasteiger partial charge in [0, 0.05) is 13.6 Å². The van der Waals surface area contributed by atoms with Gasteiger partial charge in [0.15, 0.2) is 0 Å². The zero-order valence-corrected chi connectivity index (χ0v) is 12.1. The van der Waals surface area contributed by atoms with Crippen LogP contribution in [-0.4, -0.2) is 17.9 Å². The van der Waals surface area contributed by atoms with Crippen molar-refractivity contribution in [3.8, 4) is 6.07 Å². The lowest BCUT2D eigenvalue weighted by atomic mass is 9.99. The van der Waals surface area contributed by atoms with Crippen LogP contribution in [0.2, 0.25) is 0 Å². The Morgan fingerprint density at radius 1 is 1.30 bits per heavy atom. The summed E-state index contributed by atoms with van der Waals surface area (Å²) in [5.41, 5.74) is 2.11. The first-order valence-electron chi connectivity index (χ1n) is 6.40. The third kappa shape index (κ3) is 3.69. The fourth-order valence-electron chi connectivity index (χ4n) is 2.04. The molecule has 0 aliphatic heterocycles. The van der Waals surface area contributed by atoms with E-state index in [1.807, 2.05) is 47.2 Å². The van der Waals surface area contributed by atoms with Crippen LogP contribution in [0.1, 0.15) is 11.1 Å². The van der Waals surface area contributed by atoms with E-state index in [1.165, 1.54) is 0 Å². The molecule has 0 fully saturated rings. The number of hydrogen-bond acceptors (Lipinski definition) is 3. The molecule has 1 unspecified atom stereocenters. The van der Waals surface area contributed by atoms with E-state index >= 15 is 0 Å². The molecule has 0 spiro atoms. The molecule has 0 saturated carbocycles. The molecule has 0 saturated heterocycles. The fourth-order valence-corrected chi connectivity index (χ4v) is 2.70. The van der Waals surface area contributed by atoms with E-state index in [9.17, 15) is 10.1 Å². The predicted molar refractivity (Wildman–Crippen MR) is 80.0 cm³/mol. The van der Waals surface area contributed by atoms with Gasteiger partial charge in [0.2, 0.25) is 5.91 Å². The van der Waals surface area contributed by atoms with Crippen molar-refractivity contribution in [2.75, 3.05) is 7.05 Å². The minimum absolute atomic E-state index is 0.123. The summed E-state index contributed by atoms with van der Waals surface area (Å²) in [7, 11) is 1.75. The molecular weight excluding hydrogens is 268 g/mol. The van der Waals surface area contributed by atoms with Crippen molar-refractivity contribution in [1.82, 2.24) is 4.90 Å². The molecule has 2 aromatic rings. The summed E-state index contributed by atoms with van der Waals surface area (Å²) in [6, 6.07) is 13.8. The Bertz CT molecular complexity index is 587. The van der Waals surface area contributed by atoms with E-state index in [4.69, 9.17) is 0 Å². The molecule has 3 nitrogen and oxygen atoms in total. The smallest absolute Gasteiger partial charge is 0.240 e. The first-order valence-corrected chi connectivity index (χ1v) is 7.34. The highest BCUT2D eigenvalue weighted by Gasteiger charge is 2.22. The first kappa shape index (κ1) is 14.3. The molecule has 0 N–H and O–H groups in total. The lowest BCUT2D eigenvalue weighted by Gasteiger charge is -2.19. The maximum Gasteiger partial charge on any atom is 0.240 e. The summed E-state index contributed by atoms with van der Waals surface area (Å²) < 4.78 is 0. The highest BCUT2D eigenvalue weighted by Crippen LogP contribution is 2.14. The number of carbonyl (C=O) groups excluding carboxylic acids is 1. The first-order chi connectivity index (χ1) is 9.70. The van der Waals surface area contributed by atoms with Crippen molar-refractivity contribution in [3.05, 3.63) is 58.3 Å². The molecule has 4 heteroatoms. The van der Waals surface area contributed by atoms with Gasteiger partial charge in [0.1, 0.15) is 5.92 Å². The van der Waals surface area contributed by atoms with E-state index in [1.54, 1.807) is 23.3 Å². The third-order valence-corrected chi connectivity index (χ3v) is 3.84. The maximum absolute atomic E-state index is 12.3. The average Bonchev–Trinajstić information content (AvgIpc) is 2.98. The minimum atomic E-state index is -0.624. The van der Waals surface area contributed by atoms with Crippen LogP contribution in [0.3, 0.4) is 0 Å². The van der Waals surface area contributed by atoms with Crippen LogP contribution >= 0.6 is 11.3 Å². The molecule has 0 radical (unpaired) electrons. The zero-order valence-electron chi connectivity index (χ0n) is 11.3. The maximum atomic E-state index is 12.3. The second-order valence-electron chi connectivity index (χ2n) is 4.70. The van der Waals surface area contributed by atoms with Crippen molar-refractivity contribution in [1.29, 1.82) is 5.26 Å². The molecule has 102 valence electrons. The van der Waals surface area contributed by atoms with E-state index in [0.29, 0.717) is 13.0 Å². The molecule has 2 rings (SSSR count). The molecular formula is C16H16N2OS. The molecule has 1 heterocycles. The summed E-state index contributed by atoms with van der Waals surface area (Å²) in [5.74, 6) is -0.747. The Morgan fingerprint density at radius 2 is 2.05 bits per heavy atom. The third-order valence-electron chi connectivity index (χ3n) is 3.11. The number of amides is 1. The zero-order chi connectivity index (χ0) is 14.4. The van der Waals surface area contributed by atoms with Gasteiger partial charge >= 0.3 is 0 Å². The quantitative estimate of drug-likeness (QED) is 0.847. The number of benzene rings is 1. The highest BCUT2D eigenvalue weighted by atomic mass is 32.1. The van der Waals surface area contributed by atoms with Crippen LogP contribution in [-0.2, 0) is 17.8 Å². The molecule has 1 aromatic heterocycles. The van der Waals surface area contributed by atoms with Crippen LogP contribution in [0.5, 0.6) is 0 Å². The van der Waals surface area contributed by atoms with Gasteiger partial charge in [-0.2, -0.15) is 16.6 Å². The number of thiophene rings is 1. The molecule has 1 amide bonds. The lowest BCUT2D eigenvalue weighted by Crippen LogP contribution is -2.32. The SMILES string of the molecule is CN(Cc1ccsc1)C(=O)C(C#N)Cc1ccccc1. The standard InChI is InChI=1S/C16H16N2OS/c1-18(11-14-7-8-20-12-14)16(19)15(10-17)9-13-5-3-2-4-6-13/h2-8,12,15H,9,11H2,1H3. The summed E-state index contributed by atoms with van der Waals surface area (Å²) in [4.78, 5) is 13.9. The molecule has 20 heavy (non-hydrogen) atoms. The Morgan fingerprint density at radius 3 is 2.65 bits per heavy atom. The van der Waals surface area contributed by atoms with Gasteiger partial charge < -0.3 is 4.90 Å². The summed E-state index contributed by atoms with van der Waals surface area (Å²) in [5, 5.41) is 13.2. The van der Waals surface area contributed by atoms with E-state index < -0.39 is 5.92 Å². The second kappa shape index (κ2) is 6.88. The van der Waals surface area contributed by atoms with Gasteiger partial charge in [-0.1, -0.05) is 30.3 Å². The number of nitrogens with zero attached hydrogens (tertiary/aromatic N) is 2. The van der Waals surface area contributed by atoms with Crippen molar-refractivity contribution < 1.29 is 4.79 Å². The molecule has 1 atom stereocenters. The molecule has 0 aliphatic carbocycles. The predicted octanol–water partition coefficient (Wildman–Crippen LogP) is 3.09. The summed E-state index contributed by atoms with van der Waals surface area (Å²) >= 11 is 1.61. The van der Waals surface area contributed by atoms with Crippen LogP contribution < -0.4 is 0 Å². The van der Waals surface area contributed by atoms with Crippen LogP contribution in [0, 0.1) is 17.2 Å². The summed E-state index contributed by atoms with van der Waals surface area (Å²) in [6.45, 7) is 0.551. The largest absolute Gasteiger partial charge is 0.340 e. The van der Waals surface area contributed by atoms with Crippen LogP contribution in [0.15, 0.2) is 47.2 Å². The Balaban J connectivity index is 2.00. The van der Waals surface area contributed by atoms with Gasteiger partial charge in [-0.15, -0.1) is 0 Å². The van der Waals surface area contributed by atoms with E-state index in [-0.39, 0.29) is 5.91 Å². The van der Waals surface area contributed by atoms with Gasteiger partial charge in [0.25, 0.3) is 0 Å². The topological polar surface area (TPSA) is 44.1 Å². The van der Waals surface area contributed by atoms with Crippen molar-refractivity contribution in [2.24, 2.45) is 5.92 Å². The van der Waals surface area contributed by atoms with Crippen LogP contribution in [0.25, 0.3) is 0 Å². The van der Waals surface area contributed by atoms with Crippen molar-refractivity contribution in [2.45, 2.75) is 13.0 Å². The number of nitriles is 1. The lowest BCUT2D eigenvalue weighted by molar-refractivity contribution is -0.132. The van der Waals surface area contributed by atoms with Gasteiger partial charge in [-0.25, -0.2) is 0 Å². The minimum Gasteiger partial charge on any atom is -0.340 e. The number of rotatable bonds is 5.